The van der Waals surface area contributed by atoms with Gasteiger partial charge in [-0.2, -0.15) is 0 Å². The number of fused-ring (bicyclic) bond motifs is 1. The minimum atomic E-state index is -2.08. The van der Waals surface area contributed by atoms with Crippen LogP contribution >= 0.6 is 0 Å². The molecule has 0 aliphatic carbocycles. The monoisotopic (exact) mass is 563 g/mol. The molecule has 1 aliphatic heterocycles. The van der Waals surface area contributed by atoms with E-state index in [0.29, 0.717) is 18.6 Å². The summed E-state index contributed by atoms with van der Waals surface area (Å²) in [4.78, 5) is 27.1. The van der Waals surface area contributed by atoms with Crippen LogP contribution in [0.5, 0.6) is 5.75 Å². The molecular weight excluding hydrogens is 526 g/mol. The molecule has 4 aromatic rings. The van der Waals surface area contributed by atoms with E-state index in [1.54, 1.807) is 26.4 Å². The van der Waals surface area contributed by atoms with Crippen molar-refractivity contribution in [3.05, 3.63) is 75.2 Å². The summed E-state index contributed by atoms with van der Waals surface area (Å²) >= 11 is 0. The molecule has 0 radical (unpaired) electrons. The number of ether oxygens (including phenoxy) is 2. The van der Waals surface area contributed by atoms with Gasteiger partial charge < -0.3 is 13.9 Å². The Morgan fingerprint density at radius 2 is 1.85 bits per heavy atom. The zero-order valence-corrected chi connectivity index (χ0v) is 25.1. The summed E-state index contributed by atoms with van der Waals surface area (Å²) < 4.78 is 21.8. The molecule has 40 heavy (non-hydrogen) atoms. The number of hydrogen-bond donors (Lipinski definition) is 1. The van der Waals surface area contributed by atoms with Gasteiger partial charge in [0, 0.05) is 23.7 Å². The Kier molecular flexibility index (Phi) is 7.32. The third-order valence-electron chi connectivity index (χ3n) is 8.31. The SMILES string of the molecule is COc1ccc2cc(-c3cnnn3[C@H]3C[C@H](n4cc(C)c(=O)[nH]c4=O)O[C@@H]3CO[Si](C)(C)C(C)(C)C)ccc2c1. The lowest BCUT2D eigenvalue weighted by molar-refractivity contribution is -0.0296. The van der Waals surface area contributed by atoms with Gasteiger partial charge in [0.15, 0.2) is 8.32 Å². The topological polar surface area (TPSA) is 113 Å². The molecule has 10 nitrogen and oxygen atoms in total. The number of aryl methyl sites for hydroxylation is 1. The number of nitrogens with one attached hydrogen (secondary N) is 1. The van der Waals surface area contributed by atoms with Gasteiger partial charge in [-0.05, 0) is 54.0 Å². The van der Waals surface area contributed by atoms with Crippen molar-refractivity contribution in [2.45, 2.75) is 70.6 Å². The summed E-state index contributed by atoms with van der Waals surface area (Å²) in [6, 6.07) is 11.9. The van der Waals surface area contributed by atoms with Crippen LogP contribution in [0.3, 0.4) is 0 Å². The Morgan fingerprint density at radius 1 is 1.12 bits per heavy atom. The van der Waals surface area contributed by atoms with Crippen LogP contribution in [0.4, 0.5) is 0 Å². The van der Waals surface area contributed by atoms with Crippen molar-refractivity contribution >= 4 is 19.1 Å². The van der Waals surface area contributed by atoms with Gasteiger partial charge in [-0.15, -0.1) is 5.10 Å². The molecular formula is C29H37N5O5Si. The van der Waals surface area contributed by atoms with E-state index in [-0.39, 0.29) is 17.2 Å². The van der Waals surface area contributed by atoms with Gasteiger partial charge in [0.2, 0.25) is 0 Å². The number of nitrogens with zero attached hydrogens (tertiary/aromatic N) is 4. The molecule has 11 heteroatoms. The molecule has 0 bridgehead atoms. The summed E-state index contributed by atoms with van der Waals surface area (Å²) in [6.45, 7) is 13.0. The van der Waals surface area contributed by atoms with E-state index >= 15 is 0 Å². The Balaban J connectivity index is 1.52. The number of aromatic nitrogens is 5. The molecule has 1 aliphatic rings. The second kappa shape index (κ2) is 10.5. The smallest absolute Gasteiger partial charge is 0.330 e. The highest BCUT2D eigenvalue weighted by Crippen LogP contribution is 2.41. The molecule has 2 aromatic carbocycles. The van der Waals surface area contributed by atoms with Crippen molar-refractivity contribution in [2.24, 2.45) is 0 Å². The van der Waals surface area contributed by atoms with Crippen LogP contribution in [-0.2, 0) is 9.16 Å². The van der Waals surface area contributed by atoms with Crippen LogP contribution in [0, 0.1) is 6.92 Å². The number of methoxy groups -OCH3 is 1. The molecule has 2 aromatic heterocycles. The molecule has 5 rings (SSSR count). The van der Waals surface area contributed by atoms with Crippen molar-refractivity contribution in [1.82, 2.24) is 24.5 Å². The first kappa shape index (κ1) is 28.0. The second-order valence-electron chi connectivity index (χ2n) is 12.0. The maximum atomic E-state index is 12.7. The number of hydrogen-bond acceptors (Lipinski definition) is 7. The highest BCUT2D eigenvalue weighted by atomic mass is 28.4. The number of benzene rings is 2. The summed E-state index contributed by atoms with van der Waals surface area (Å²) in [7, 11) is -0.426. The fourth-order valence-electron chi connectivity index (χ4n) is 4.81. The fraction of sp³-hybridized carbons (Fsp3) is 0.448. The van der Waals surface area contributed by atoms with E-state index in [4.69, 9.17) is 13.9 Å². The predicted molar refractivity (Wildman–Crippen MR) is 156 cm³/mol. The lowest BCUT2D eigenvalue weighted by Gasteiger charge is -2.37. The number of H-pyrrole nitrogens is 1. The molecule has 0 unspecified atom stereocenters. The average Bonchev–Trinajstić information content (AvgIpc) is 3.55. The summed E-state index contributed by atoms with van der Waals surface area (Å²) in [5.41, 5.74) is 1.34. The minimum absolute atomic E-state index is 0.0274. The van der Waals surface area contributed by atoms with E-state index in [9.17, 15) is 9.59 Å². The molecule has 0 saturated carbocycles. The van der Waals surface area contributed by atoms with Crippen molar-refractivity contribution in [3.8, 4) is 17.0 Å². The van der Waals surface area contributed by atoms with E-state index in [1.165, 1.54) is 4.57 Å². The minimum Gasteiger partial charge on any atom is -0.497 e. The van der Waals surface area contributed by atoms with Crippen LogP contribution in [0.2, 0.25) is 18.1 Å². The van der Waals surface area contributed by atoms with Gasteiger partial charge in [0.05, 0.1) is 31.6 Å². The highest BCUT2D eigenvalue weighted by Gasteiger charge is 2.43. The highest BCUT2D eigenvalue weighted by molar-refractivity contribution is 6.74. The van der Waals surface area contributed by atoms with E-state index in [0.717, 1.165) is 27.8 Å². The summed E-state index contributed by atoms with van der Waals surface area (Å²) in [5, 5.41) is 10.9. The number of rotatable bonds is 7. The van der Waals surface area contributed by atoms with Crippen LogP contribution in [0.1, 0.15) is 45.0 Å². The summed E-state index contributed by atoms with van der Waals surface area (Å²) in [6.07, 6.45) is 2.78. The van der Waals surface area contributed by atoms with Crippen molar-refractivity contribution < 1.29 is 13.9 Å². The molecule has 212 valence electrons. The van der Waals surface area contributed by atoms with Crippen LogP contribution in [0.15, 0.2) is 58.4 Å². The van der Waals surface area contributed by atoms with Gasteiger partial charge in [-0.25, -0.2) is 9.48 Å². The van der Waals surface area contributed by atoms with Gasteiger partial charge in [0.25, 0.3) is 5.56 Å². The quantitative estimate of drug-likeness (QED) is 0.321. The second-order valence-corrected chi connectivity index (χ2v) is 16.8. The van der Waals surface area contributed by atoms with E-state index < -0.39 is 25.8 Å². The molecule has 1 N–H and O–H groups in total. The predicted octanol–water partition coefficient (Wildman–Crippen LogP) is 4.82. The summed E-state index contributed by atoms with van der Waals surface area (Å²) in [5.74, 6) is 0.804. The largest absolute Gasteiger partial charge is 0.497 e. The van der Waals surface area contributed by atoms with Gasteiger partial charge in [0.1, 0.15) is 18.1 Å². The first-order chi connectivity index (χ1) is 18.9. The Hall–Kier alpha value is -3.54. The van der Waals surface area contributed by atoms with Crippen LogP contribution < -0.4 is 16.0 Å². The molecule has 1 fully saturated rings. The molecule has 3 atom stereocenters. The molecule has 3 heterocycles. The first-order valence-electron chi connectivity index (χ1n) is 13.5. The lowest BCUT2D eigenvalue weighted by Crippen LogP contribution is -2.43. The Bertz CT molecular complexity index is 1650. The fourth-order valence-corrected chi connectivity index (χ4v) is 5.82. The van der Waals surface area contributed by atoms with Crippen LogP contribution in [0.25, 0.3) is 22.0 Å². The zero-order chi connectivity index (χ0) is 28.8. The number of aromatic amines is 1. The average molecular weight is 564 g/mol. The molecule has 0 amide bonds. The molecule has 0 spiro atoms. The van der Waals surface area contributed by atoms with Crippen molar-refractivity contribution in [2.75, 3.05) is 13.7 Å². The van der Waals surface area contributed by atoms with Gasteiger partial charge in [-0.3, -0.25) is 14.3 Å². The van der Waals surface area contributed by atoms with Crippen molar-refractivity contribution in [3.63, 3.8) is 0 Å². The maximum Gasteiger partial charge on any atom is 0.330 e. The van der Waals surface area contributed by atoms with Gasteiger partial charge in [-0.1, -0.05) is 44.2 Å². The standard InChI is InChI=1S/C29H37N5O5Si/c1-18-16-33(28(36)31-27(18)35)26-14-23(25(39-26)17-38-40(6,7)29(2,3)4)34-24(15-30-32-34)21-9-8-20-13-22(37-5)11-10-19(20)12-21/h8-13,15-16,23,25-26H,14,17H2,1-7H3,(H,31,35,36)/t23-,25+,26+/m0/s1. The zero-order valence-electron chi connectivity index (χ0n) is 24.1. The Morgan fingerprint density at radius 3 is 2.58 bits per heavy atom. The van der Waals surface area contributed by atoms with Crippen molar-refractivity contribution in [1.29, 1.82) is 0 Å². The Labute approximate surface area is 234 Å². The van der Waals surface area contributed by atoms with E-state index in [2.05, 4.69) is 61.3 Å². The maximum absolute atomic E-state index is 12.7. The third kappa shape index (κ3) is 5.28. The third-order valence-corrected chi connectivity index (χ3v) is 12.8. The first-order valence-corrected chi connectivity index (χ1v) is 16.4. The molecule has 1 saturated heterocycles. The normalized spacial score (nSPS) is 19.8. The van der Waals surface area contributed by atoms with Crippen LogP contribution in [-0.4, -0.2) is 52.7 Å². The van der Waals surface area contributed by atoms with E-state index in [1.807, 2.05) is 28.9 Å². The van der Waals surface area contributed by atoms with Gasteiger partial charge >= 0.3 is 5.69 Å². The lowest BCUT2D eigenvalue weighted by atomic mass is 10.0.